The van der Waals surface area contributed by atoms with E-state index in [0.29, 0.717) is 10.9 Å². The molecule has 4 aromatic rings. The summed E-state index contributed by atoms with van der Waals surface area (Å²) in [4.78, 5) is 0. The van der Waals surface area contributed by atoms with Gasteiger partial charge in [0.15, 0.2) is 6.80 Å². The topological polar surface area (TPSA) is 53.8 Å². The molecule has 0 aliphatic heterocycles. The Kier molecular flexibility index (Phi) is 3.55. The third-order valence-electron chi connectivity index (χ3n) is 4.58. The monoisotopic (exact) mass is 363 g/mol. The number of benzene rings is 2. The maximum Gasteiger partial charge on any atom is 0.425 e. The number of nitrogens with zero attached hydrogens (tertiary/aromatic N) is 2. The summed E-state index contributed by atoms with van der Waals surface area (Å²) >= 11 is 0. The van der Waals surface area contributed by atoms with Gasteiger partial charge in [-0.1, -0.05) is 24.3 Å². The van der Waals surface area contributed by atoms with Crippen LogP contribution in [0.3, 0.4) is 0 Å². The maximum atomic E-state index is 14.1. The fourth-order valence-corrected chi connectivity index (χ4v) is 3.27. The van der Waals surface area contributed by atoms with Crippen molar-refractivity contribution in [3.05, 3.63) is 66.0 Å². The largest absolute Gasteiger partial charge is 0.425 e. The molecule has 4 nitrogen and oxygen atoms in total. The predicted molar refractivity (Wildman–Crippen MR) is 88.2 cm³/mol. The van der Waals surface area contributed by atoms with E-state index in [0.717, 1.165) is 10.8 Å². The molecule has 8 heteroatoms. The third-order valence-corrected chi connectivity index (χ3v) is 4.58. The molecule has 0 saturated heterocycles. The first-order chi connectivity index (χ1) is 12.4. The number of fused-ring (bicyclic) bond motifs is 2. The third kappa shape index (κ3) is 2.22. The zero-order valence-corrected chi connectivity index (χ0v) is 13.3. The van der Waals surface area contributed by atoms with Crippen LogP contribution in [0.5, 0.6) is 0 Å². The molecule has 0 spiro atoms. The van der Waals surface area contributed by atoms with Gasteiger partial charge in [-0.3, -0.25) is 5.10 Å². The Bertz CT molecular complexity index is 1100. The first-order valence-corrected chi connectivity index (χ1v) is 7.73. The second-order valence-electron chi connectivity index (χ2n) is 6.03. The van der Waals surface area contributed by atoms with Gasteiger partial charge in [0.05, 0.1) is 17.2 Å². The van der Waals surface area contributed by atoms with E-state index < -0.39 is 24.1 Å². The normalized spacial score (nSPS) is 14.8. The summed E-state index contributed by atoms with van der Waals surface area (Å²) < 4.78 is 56.5. The molecule has 2 aromatic heterocycles. The maximum absolute atomic E-state index is 14.1. The Labute approximate surface area is 144 Å². The summed E-state index contributed by atoms with van der Waals surface area (Å²) in [6.45, 7) is -1.00. The predicted octanol–water partition coefficient (Wildman–Crippen LogP) is 4.24. The van der Waals surface area contributed by atoms with Crippen LogP contribution < -0.4 is 0 Å². The van der Waals surface area contributed by atoms with Gasteiger partial charge in [0, 0.05) is 22.5 Å². The molecule has 1 unspecified atom stereocenters. The van der Waals surface area contributed by atoms with Crippen molar-refractivity contribution in [3.63, 3.8) is 0 Å². The number of nitrogens with one attached hydrogen (secondary N) is 1. The van der Waals surface area contributed by atoms with Crippen molar-refractivity contribution in [1.82, 2.24) is 14.8 Å². The van der Waals surface area contributed by atoms with Gasteiger partial charge < -0.3 is 9.67 Å². The zero-order chi connectivity index (χ0) is 18.5. The Morgan fingerprint density at radius 1 is 1.12 bits per heavy atom. The van der Waals surface area contributed by atoms with Crippen LogP contribution >= 0.6 is 0 Å². The summed E-state index contributed by atoms with van der Waals surface area (Å²) in [7, 11) is 0. The molecule has 0 amide bonds. The number of aromatic amines is 1. The summed E-state index contributed by atoms with van der Waals surface area (Å²) in [5.41, 5.74) is -3.25. The molecule has 2 heterocycles. The molecule has 0 radical (unpaired) electrons. The number of para-hydroxylation sites is 1. The summed E-state index contributed by atoms with van der Waals surface area (Å²) in [6.07, 6.45) is -2.63. The highest BCUT2D eigenvalue weighted by Crippen LogP contribution is 2.47. The van der Waals surface area contributed by atoms with E-state index in [1.807, 2.05) is 0 Å². The summed E-state index contributed by atoms with van der Waals surface area (Å²) in [5, 5.41) is 17.9. The molecule has 2 aromatic carbocycles. The SMILES string of the molecule is OC(c1ccc2[nH]ncc2c1)(c1cn(CF)c2ccccc12)C(F)(F)F. The van der Waals surface area contributed by atoms with Crippen molar-refractivity contribution in [2.45, 2.75) is 18.6 Å². The van der Waals surface area contributed by atoms with Crippen molar-refractivity contribution in [3.8, 4) is 0 Å². The lowest BCUT2D eigenvalue weighted by Gasteiger charge is -2.31. The second-order valence-corrected chi connectivity index (χ2v) is 6.03. The minimum Gasteiger partial charge on any atom is -0.372 e. The molecule has 1 atom stereocenters. The minimum absolute atomic E-state index is 0.136. The van der Waals surface area contributed by atoms with Crippen LogP contribution in [-0.2, 0) is 12.4 Å². The molecular weight excluding hydrogens is 350 g/mol. The molecule has 4 rings (SSSR count). The van der Waals surface area contributed by atoms with Gasteiger partial charge >= 0.3 is 6.18 Å². The first-order valence-electron chi connectivity index (χ1n) is 7.73. The van der Waals surface area contributed by atoms with Crippen LogP contribution in [0.2, 0.25) is 0 Å². The Morgan fingerprint density at radius 2 is 1.88 bits per heavy atom. The van der Waals surface area contributed by atoms with Gasteiger partial charge in [-0.15, -0.1) is 0 Å². The van der Waals surface area contributed by atoms with Crippen molar-refractivity contribution in [1.29, 1.82) is 0 Å². The molecule has 26 heavy (non-hydrogen) atoms. The molecule has 2 N–H and O–H groups in total. The van der Waals surface area contributed by atoms with Crippen LogP contribution in [0.25, 0.3) is 21.8 Å². The lowest BCUT2D eigenvalue weighted by atomic mass is 9.85. The van der Waals surface area contributed by atoms with Crippen molar-refractivity contribution < 1.29 is 22.7 Å². The van der Waals surface area contributed by atoms with Gasteiger partial charge in [-0.25, -0.2) is 4.39 Å². The number of rotatable bonds is 3. The minimum atomic E-state index is -5.02. The molecule has 134 valence electrons. The Hall–Kier alpha value is -2.87. The number of halogens is 4. The molecular formula is C18H13F4N3O. The fraction of sp³-hybridized carbons (Fsp3) is 0.167. The van der Waals surface area contributed by atoms with E-state index in [4.69, 9.17) is 0 Å². The van der Waals surface area contributed by atoms with Crippen LogP contribution in [0.15, 0.2) is 54.9 Å². The summed E-state index contributed by atoms with van der Waals surface area (Å²) in [5.74, 6) is 0. The number of hydrogen-bond donors (Lipinski definition) is 2. The van der Waals surface area contributed by atoms with Crippen molar-refractivity contribution in [2.24, 2.45) is 0 Å². The van der Waals surface area contributed by atoms with E-state index >= 15 is 0 Å². The molecule has 0 aliphatic rings. The van der Waals surface area contributed by atoms with E-state index in [-0.39, 0.29) is 16.5 Å². The van der Waals surface area contributed by atoms with E-state index in [2.05, 4.69) is 10.2 Å². The number of aliphatic hydroxyl groups is 1. The lowest BCUT2D eigenvalue weighted by Crippen LogP contribution is -2.43. The highest BCUT2D eigenvalue weighted by Gasteiger charge is 2.57. The van der Waals surface area contributed by atoms with Gasteiger partial charge in [0.25, 0.3) is 0 Å². The first kappa shape index (κ1) is 16.6. The van der Waals surface area contributed by atoms with Crippen LogP contribution in [0, 0.1) is 0 Å². The molecule has 0 bridgehead atoms. The summed E-state index contributed by atoms with van der Waals surface area (Å²) in [6, 6.07) is 9.93. The van der Waals surface area contributed by atoms with E-state index in [1.165, 1.54) is 36.5 Å². The van der Waals surface area contributed by atoms with Gasteiger partial charge in [0.2, 0.25) is 5.60 Å². The molecule has 0 fully saturated rings. The van der Waals surface area contributed by atoms with Crippen molar-refractivity contribution in [2.75, 3.05) is 0 Å². The van der Waals surface area contributed by atoms with Crippen molar-refractivity contribution >= 4 is 21.8 Å². The number of alkyl halides is 4. The molecule has 0 aliphatic carbocycles. The lowest BCUT2D eigenvalue weighted by molar-refractivity contribution is -0.247. The second kappa shape index (κ2) is 5.57. The van der Waals surface area contributed by atoms with Gasteiger partial charge in [0.1, 0.15) is 0 Å². The Balaban J connectivity index is 2.05. The average molecular weight is 363 g/mol. The quantitative estimate of drug-likeness (QED) is 0.535. The average Bonchev–Trinajstić information content (AvgIpc) is 3.23. The van der Waals surface area contributed by atoms with Crippen LogP contribution in [0.4, 0.5) is 17.6 Å². The van der Waals surface area contributed by atoms with Crippen LogP contribution in [0.1, 0.15) is 11.1 Å². The van der Waals surface area contributed by atoms with E-state index in [9.17, 15) is 22.7 Å². The highest BCUT2D eigenvalue weighted by molar-refractivity contribution is 5.86. The zero-order valence-electron chi connectivity index (χ0n) is 13.3. The number of aromatic nitrogens is 3. The highest BCUT2D eigenvalue weighted by atomic mass is 19.4. The van der Waals surface area contributed by atoms with E-state index in [1.54, 1.807) is 12.1 Å². The fourth-order valence-electron chi connectivity index (χ4n) is 3.27. The smallest absolute Gasteiger partial charge is 0.372 e. The number of hydrogen-bond acceptors (Lipinski definition) is 2. The van der Waals surface area contributed by atoms with Gasteiger partial charge in [-0.05, 0) is 23.8 Å². The molecule has 0 saturated carbocycles. The Morgan fingerprint density at radius 3 is 2.62 bits per heavy atom. The van der Waals surface area contributed by atoms with Gasteiger partial charge in [-0.2, -0.15) is 18.3 Å². The van der Waals surface area contributed by atoms with Crippen LogP contribution in [-0.4, -0.2) is 26.0 Å². The number of H-pyrrole nitrogens is 1. The standard InChI is InChI=1S/C18H13F4N3O/c19-10-25-9-14(13-3-1-2-4-16(13)25)17(26,18(20,21)22)12-5-6-15-11(7-12)8-23-24-15/h1-9,26H,10H2,(H,23,24).